The van der Waals surface area contributed by atoms with Crippen LogP contribution >= 0.6 is 0 Å². The van der Waals surface area contributed by atoms with Crippen LogP contribution in [-0.2, 0) is 11.2 Å². The summed E-state index contributed by atoms with van der Waals surface area (Å²) in [4.78, 5) is 24.1. The lowest BCUT2D eigenvalue weighted by atomic mass is 10.0. The van der Waals surface area contributed by atoms with Crippen LogP contribution in [0.5, 0.6) is 0 Å². The van der Waals surface area contributed by atoms with Crippen LogP contribution in [0, 0.1) is 6.92 Å². The molecule has 128 valence electrons. The van der Waals surface area contributed by atoms with Crippen LogP contribution in [0.1, 0.15) is 45.6 Å². The molecule has 0 saturated carbocycles. The molecule has 0 heterocycles. The van der Waals surface area contributed by atoms with Crippen molar-refractivity contribution in [1.29, 1.82) is 0 Å². The van der Waals surface area contributed by atoms with Gasteiger partial charge in [0.15, 0.2) is 0 Å². The fourth-order valence-electron chi connectivity index (χ4n) is 2.99. The Bertz CT molecular complexity index is 871. The molecule has 0 saturated heterocycles. The Kier molecular flexibility index (Phi) is 4.67. The number of hydrogen-bond acceptors (Lipinski definition) is 3. The van der Waals surface area contributed by atoms with Crippen molar-refractivity contribution in [3.8, 4) is 0 Å². The highest BCUT2D eigenvalue weighted by molar-refractivity contribution is 6.00. The molecule has 2 amide bonds. The molecule has 2 aromatic carbocycles. The van der Waals surface area contributed by atoms with Crippen molar-refractivity contribution >= 4 is 17.9 Å². The van der Waals surface area contributed by atoms with Crippen molar-refractivity contribution < 1.29 is 14.8 Å². The van der Waals surface area contributed by atoms with Gasteiger partial charge in [0.2, 0.25) is 5.91 Å². The van der Waals surface area contributed by atoms with E-state index in [-0.39, 0.29) is 11.9 Å². The van der Waals surface area contributed by atoms with Gasteiger partial charge in [-0.1, -0.05) is 35.9 Å². The van der Waals surface area contributed by atoms with Crippen molar-refractivity contribution in [3.63, 3.8) is 0 Å². The maximum Gasteiger partial charge on any atom is 0.274 e. The van der Waals surface area contributed by atoms with Gasteiger partial charge in [0.05, 0.1) is 6.04 Å². The Labute approximate surface area is 146 Å². The summed E-state index contributed by atoms with van der Waals surface area (Å²) < 4.78 is 0. The van der Waals surface area contributed by atoms with Gasteiger partial charge >= 0.3 is 0 Å². The molecule has 0 aromatic heterocycles. The van der Waals surface area contributed by atoms with E-state index in [0.29, 0.717) is 12.0 Å². The number of fused-ring (bicyclic) bond motifs is 1. The van der Waals surface area contributed by atoms with E-state index in [0.717, 1.165) is 22.3 Å². The minimum absolute atomic E-state index is 0.113. The van der Waals surface area contributed by atoms with Gasteiger partial charge in [-0.05, 0) is 48.7 Å². The lowest BCUT2D eigenvalue weighted by Gasteiger charge is -2.15. The number of hydroxylamine groups is 1. The van der Waals surface area contributed by atoms with Gasteiger partial charge < -0.3 is 5.32 Å². The number of aryl methyl sites for hydroxylation is 1. The first-order valence-corrected chi connectivity index (χ1v) is 8.13. The van der Waals surface area contributed by atoms with E-state index >= 15 is 0 Å². The Morgan fingerprint density at radius 3 is 2.68 bits per heavy atom. The normalized spacial score (nSPS) is 13.6. The Morgan fingerprint density at radius 1 is 1.12 bits per heavy atom. The molecule has 0 bridgehead atoms. The average Bonchev–Trinajstić information content (AvgIpc) is 3.04. The first-order chi connectivity index (χ1) is 12.0. The molecule has 2 aromatic rings. The number of carbonyl (C=O) groups is 2. The average molecular weight is 336 g/mol. The third-order valence-electron chi connectivity index (χ3n) is 4.40. The van der Waals surface area contributed by atoms with Crippen LogP contribution < -0.4 is 10.8 Å². The van der Waals surface area contributed by atoms with Crippen LogP contribution in [0.3, 0.4) is 0 Å². The van der Waals surface area contributed by atoms with Crippen molar-refractivity contribution in [2.24, 2.45) is 0 Å². The molecule has 0 aliphatic heterocycles. The van der Waals surface area contributed by atoms with E-state index in [1.807, 2.05) is 32.1 Å². The van der Waals surface area contributed by atoms with Gasteiger partial charge in [-0.15, -0.1) is 0 Å². The number of rotatable bonds is 4. The minimum atomic E-state index is -0.579. The zero-order valence-corrected chi connectivity index (χ0v) is 14.2. The van der Waals surface area contributed by atoms with Gasteiger partial charge in [0.1, 0.15) is 0 Å². The Morgan fingerprint density at radius 2 is 1.92 bits per heavy atom. The number of carbonyl (C=O) groups excluding carboxylic acids is 2. The second-order valence-electron chi connectivity index (χ2n) is 6.31. The van der Waals surface area contributed by atoms with E-state index < -0.39 is 5.91 Å². The quantitative estimate of drug-likeness (QED) is 0.593. The zero-order valence-electron chi connectivity index (χ0n) is 14.2. The summed E-state index contributed by atoms with van der Waals surface area (Å²) in [5.41, 5.74) is 6.90. The molecule has 1 aliphatic carbocycles. The molecule has 1 atom stereocenters. The maximum atomic E-state index is 12.6. The molecule has 3 rings (SSSR count). The summed E-state index contributed by atoms with van der Waals surface area (Å²) in [6, 6.07) is 12.7. The molecular formula is C20H20N2O3. The van der Waals surface area contributed by atoms with E-state index in [1.54, 1.807) is 23.7 Å². The first kappa shape index (κ1) is 16.9. The van der Waals surface area contributed by atoms with Crippen LogP contribution in [0.15, 0.2) is 48.0 Å². The van der Waals surface area contributed by atoms with Gasteiger partial charge in [-0.2, -0.15) is 0 Å². The SMILES string of the molecule is Cc1ccc2c(c1)C=C(C(=O)NC(C)c1cccc(C(=O)NO)c1)C2. The monoisotopic (exact) mass is 336 g/mol. The second kappa shape index (κ2) is 6.91. The van der Waals surface area contributed by atoms with Crippen molar-refractivity contribution in [2.75, 3.05) is 0 Å². The summed E-state index contributed by atoms with van der Waals surface area (Å²) in [5, 5.41) is 11.7. The topological polar surface area (TPSA) is 78.4 Å². The van der Waals surface area contributed by atoms with Crippen molar-refractivity contribution in [1.82, 2.24) is 10.8 Å². The molecule has 1 unspecified atom stereocenters. The number of nitrogens with one attached hydrogen (secondary N) is 2. The standard InChI is InChI=1S/C20H20N2O3/c1-12-6-7-15-10-18(11-17(15)8-12)19(23)21-13(2)14-4-3-5-16(9-14)20(24)22-25/h3-9,11,13,25H,10H2,1-2H3,(H,21,23)(H,22,24). The third kappa shape index (κ3) is 3.61. The van der Waals surface area contributed by atoms with Gasteiger partial charge in [-0.25, -0.2) is 5.48 Å². The number of amides is 2. The summed E-state index contributed by atoms with van der Waals surface area (Å²) in [6.45, 7) is 3.89. The largest absolute Gasteiger partial charge is 0.346 e. The van der Waals surface area contributed by atoms with Crippen molar-refractivity contribution in [3.05, 3.63) is 75.9 Å². The zero-order chi connectivity index (χ0) is 18.0. The lowest BCUT2D eigenvalue weighted by molar-refractivity contribution is -0.118. The fourth-order valence-corrected chi connectivity index (χ4v) is 2.99. The van der Waals surface area contributed by atoms with Crippen molar-refractivity contribution in [2.45, 2.75) is 26.3 Å². The second-order valence-corrected chi connectivity index (χ2v) is 6.31. The summed E-state index contributed by atoms with van der Waals surface area (Å²) in [6.07, 6.45) is 2.56. The molecule has 3 N–H and O–H groups in total. The molecule has 1 aliphatic rings. The van der Waals surface area contributed by atoms with Crippen LogP contribution in [-0.4, -0.2) is 17.0 Å². The molecule has 5 heteroatoms. The number of benzene rings is 2. The highest BCUT2D eigenvalue weighted by Gasteiger charge is 2.20. The van der Waals surface area contributed by atoms with Gasteiger partial charge in [0.25, 0.3) is 5.91 Å². The van der Waals surface area contributed by atoms with Gasteiger partial charge in [0, 0.05) is 17.6 Å². The molecule has 0 radical (unpaired) electrons. The smallest absolute Gasteiger partial charge is 0.274 e. The van der Waals surface area contributed by atoms with Gasteiger partial charge in [-0.3, -0.25) is 14.8 Å². The predicted octanol–water partition coefficient (Wildman–Crippen LogP) is 2.93. The van der Waals surface area contributed by atoms with E-state index in [2.05, 4.69) is 17.4 Å². The summed E-state index contributed by atoms with van der Waals surface area (Å²) in [7, 11) is 0. The maximum absolute atomic E-state index is 12.6. The van der Waals surface area contributed by atoms with E-state index in [4.69, 9.17) is 5.21 Å². The molecule has 5 nitrogen and oxygen atoms in total. The highest BCUT2D eigenvalue weighted by atomic mass is 16.5. The third-order valence-corrected chi connectivity index (χ3v) is 4.40. The minimum Gasteiger partial charge on any atom is -0.346 e. The van der Waals surface area contributed by atoms with Crippen LogP contribution in [0.2, 0.25) is 0 Å². The highest BCUT2D eigenvalue weighted by Crippen LogP contribution is 2.26. The van der Waals surface area contributed by atoms with Crippen LogP contribution in [0.4, 0.5) is 0 Å². The van der Waals surface area contributed by atoms with E-state index in [1.165, 1.54) is 5.56 Å². The predicted molar refractivity (Wildman–Crippen MR) is 95.1 cm³/mol. The van der Waals surface area contributed by atoms with E-state index in [9.17, 15) is 9.59 Å². The number of hydrogen-bond donors (Lipinski definition) is 3. The molecule has 0 spiro atoms. The summed E-state index contributed by atoms with van der Waals surface area (Å²) >= 11 is 0. The fraction of sp³-hybridized carbons (Fsp3) is 0.200. The molecule has 25 heavy (non-hydrogen) atoms. The molecule has 0 fully saturated rings. The Hall–Kier alpha value is -2.92. The molecular weight excluding hydrogens is 316 g/mol. The van der Waals surface area contributed by atoms with Crippen LogP contribution in [0.25, 0.3) is 6.08 Å². The Balaban J connectivity index is 1.72. The summed E-state index contributed by atoms with van der Waals surface area (Å²) in [5.74, 6) is -0.692. The lowest BCUT2D eigenvalue weighted by Crippen LogP contribution is -2.28. The first-order valence-electron chi connectivity index (χ1n) is 8.13.